The average molecular weight is 759 g/mol. The van der Waals surface area contributed by atoms with Crippen molar-refractivity contribution in [1.29, 1.82) is 0 Å². The summed E-state index contributed by atoms with van der Waals surface area (Å²) in [7, 11) is 0. The summed E-state index contributed by atoms with van der Waals surface area (Å²) in [5.41, 5.74) is 13.1. The fraction of sp³-hybridized carbons (Fsp3) is 0. The number of furan rings is 1. The van der Waals surface area contributed by atoms with Gasteiger partial charge < -0.3 is 13.9 Å². The number of thiophene rings is 1. The standard InChI is InChI=1S/C54H34N2OS/c1-2-14-36(15-3-1)56-48-24-9-6-18-41(48)42-33-32-38(34-50(42)56)55(49-25-13-21-45-43-19-7-10-26-51(43)57-53(45)49)37-30-28-35(29-31-37)39-16-4-5-17-40(39)46-22-12-23-47-44-20-8-11-27-52(44)58-54(46)47/h1-34H. The average Bonchev–Trinajstić information content (AvgIpc) is 3.97. The summed E-state index contributed by atoms with van der Waals surface area (Å²) in [5.74, 6) is 0. The van der Waals surface area contributed by atoms with Crippen LogP contribution in [0.4, 0.5) is 17.1 Å². The maximum Gasteiger partial charge on any atom is 0.159 e. The van der Waals surface area contributed by atoms with Gasteiger partial charge in [-0.2, -0.15) is 0 Å². The fourth-order valence-electron chi connectivity index (χ4n) is 9.01. The summed E-state index contributed by atoms with van der Waals surface area (Å²) in [6.45, 7) is 0. The second kappa shape index (κ2) is 13.1. The zero-order valence-electron chi connectivity index (χ0n) is 31.3. The number of nitrogens with zero attached hydrogens (tertiary/aromatic N) is 2. The van der Waals surface area contributed by atoms with Gasteiger partial charge in [0.15, 0.2) is 5.58 Å². The van der Waals surface area contributed by atoms with E-state index in [1.54, 1.807) is 0 Å². The normalized spacial score (nSPS) is 11.8. The molecule has 0 saturated heterocycles. The molecule has 0 unspecified atom stereocenters. The Bertz CT molecular complexity index is 3520. The number of aromatic nitrogens is 1. The highest BCUT2D eigenvalue weighted by molar-refractivity contribution is 7.26. The van der Waals surface area contributed by atoms with E-state index in [0.29, 0.717) is 0 Å². The first-order valence-electron chi connectivity index (χ1n) is 19.7. The Labute approximate surface area is 338 Å². The quantitative estimate of drug-likeness (QED) is 0.168. The molecule has 3 aromatic heterocycles. The largest absolute Gasteiger partial charge is 0.454 e. The van der Waals surface area contributed by atoms with Crippen LogP contribution in [0.1, 0.15) is 0 Å². The van der Waals surface area contributed by atoms with Crippen LogP contribution in [0.2, 0.25) is 0 Å². The van der Waals surface area contributed by atoms with Gasteiger partial charge in [-0.1, -0.05) is 146 Å². The molecule has 58 heavy (non-hydrogen) atoms. The lowest BCUT2D eigenvalue weighted by atomic mass is 9.93. The SMILES string of the molecule is c1ccc(-n2c3ccccc3c3ccc(N(c4ccc(-c5ccccc5-c5cccc6c5sc5ccccc56)cc4)c4cccc5c4oc4ccccc45)cc32)cc1. The van der Waals surface area contributed by atoms with Crippen LogP contribution >= 0.6 is 11.3 Å². The highest BCUT2D eigenvalue weighted by Gasteiger charge is 2.22. The van der Waals surface area contributed by atoms with Crippen molar-refractivity contribution in [2.24, 2.45) is 0 Å². The number of anilines is 3. The predicted molar refractivity (Wildman–Crippen MR) is 247 cm³/mol. The first-order valence-corrected chi connectivity index (χ1v) is 20.5. The third-order valence-electron chi connectivity index (χ3n) is 11.6. The summed E-state index contributed by atoms with van der Waals surface area (Å²) in [4.78, 5) is 2.35. The van der Waals surface area contributed by atoms with Crippen LogP contribution in [-0.2, 0) is 0 Å². The molecule has 0 aliphatic heterocycles. The molecule has 0 aliphatic rings. The van der Waals surface area contributed by atoms with Crippen LogP contribution in [0.5, 0.6) is 0 Å². The molecule has 0 saturated carbocycles. The Morgan fingerprint density at radius 1 is 0.414 bits per heavy atom. The number of hydrogen-bond acceptors (Lipinski definition) is 3. The number of rotatable bonds is 6. The molecule has 0 fully saturated rings. The van der Waals surface area contributed by atoms with Crippen LogP contribution in [-0.4, -0.2) is 4.57 Å². The van der Waals surface area contributed by atoms with Gasteiger partial charge in [-0.15, -0.1) is 11.3 Å². The van der Waals surface area contributed by atoms with E-state index in [4.69, 9.17) is 4.42 Å². The summed E-state index contributed by atoms with van der Waals surface area (Å²) in [6.07, 6.45) is 0. The molecule has 0 spiro atoms. The zero-order chi connectivity index (χ0) is 38.2. The van der Waals surface area contributed by atoms with Crippen molar-refractivity contribution in [3.63, 3.8) is 0 Å². The van der Waals surface area contributed by atoms with Crippen LogP contribution in [0.25, 0.3) is 91.9 Å². The second-order valence-corrected chi connectivity index (χ2v) is 15.9. The molecular weight excluding hydrogens is 725 g/mol. The van der Waals surface area contributed by atoms with Crippen LogP contribution in [0.3, 0.4) is 0 Å². The lowest BCUT2D eigenvalue weighted by Gasteiger charge is -2.26. The predicted octanol–water partition coefficient (Wildman–Crippen LogP) is 15.9. The number of benzene rings is 9. The maximum atomic E-state index is 6.70. The summed E-state index contributed by atoms with van der Waals surface area (Å²) >= 11 is 1.87. The van der Waals surface area contributed by atoms with E-state index in [1.807, 2.05) is 17.4 Å². The molecule has 3 heterocycles. The van der Waals surface area contributed by atoms with Gasteiger partial charge in [0.05, 0.1) is 16.7 Å². The minimum atomic E-state index is 0.859. The monoisotopic (exact) mass is 758 g/mol. The molecule has 0 bridgehead atoms. The van der Waals surface area contributed by atoms with Gasteiger partial charge in [0, 0.05) is 64.3 Å². The molecule has 0 N–H and O–H groups in total. The van der Waals surface area contributed by atoms with Crippen molar-refractivity contribution in [1.82, 2.24) is 4.57 Å². The van der Waals surface area contributed by atoms with E-state index < -0.39 is 0 Å². The Balaban J connectivity index is 1.05. The van der Waals surface area contributed by atoms with Crippen molar-refractivity contribution >= 4 is 92.3 Å². The van der Waals surface area contributed by atoms with E-state index >= 15 is 0 Å². The van der Waals surface area contributed by atoms with Gasteiger partial charge in [-0.3, -0.25) is 0 Å². The van der Waals surface area contributed by atoms with Crippen molar-refractivity contribution in [3.8, 4) is 27.9 Å². The molecule has 0 atom stereocenters. The van der Waals surface area contributed by atoms with Crippen LogP contribution in [0, 0.1) is 0 Å². The number of fused-ring (bicyclic) bond motifs is 9. The summed E-state index contributed by atoms with van der Waals surface area (Å²) < 4.78 is 11.7. The molecule has 12 rings (SSSR count). The second-order valence-electron chi connectivity index (χ2n) is 14.8. The Morgan fingerprint density at radius 3 is 1.93 bits per heavy atom. The molecule has 0 aliphatic carbocycles. The van der Waals surface area contributed by atoms with Gasteiger partial charge in [0.2, 0.25) is 0 Å². The summed E-state index contributed by atoms with van der Waals surface area (Å²) in [5, 5.41) is 7.27. The number of para-hydroxylation sites is 4. The van der Waals surface area contributed by atoms with E-state index in [0.717, 1.165) is 50.2 Å². The lowest BCUT2D eigenvalue weighted by molar-refractivity contribution is 0.669. The number of hydrogen-bond donors (Lipinski definition) is 0. The summed E-state index contributed by atoms with van der Waals surface area (Å²) in [6, 6.07) is 74.3. The van der Waals surface area contributed by atoms with Gasteiger partial charge in [-0.05, 0) is 77.4 Å². The van der Waals surface area contributed by atoms with Crippen molar-refractivity contribution in [3.05, 3.63) is 206 Å². The highest BCUT2D eigenvalue weighted by Crippen LogP contribution is 2.46. The molecule has 4 heteroatoms. The molecule has 0 radical (unpaired) electrons. The lowest BCUT2D eigenvalue weighted by Crippen LogP contribution is -2.10. The third-order valence-corrected chi connectivity index (χ3v) is 12.8. The topological polar surface area (TPSA) is 21.3 Å². The smallest absolute Gasteiger partial charge is 0.159 e. The fourth-order valence-corrected chi connectivity index (χ4v) is 10.2. The first kappa shape index (κ1) is 32.8. The van der Waals surface area contributed by atoms with Gasteiger partial charge in [0.1, 0.15) is 5.58 Å². The molecule has 0 amide bonds. The molecule has 3 nitrogen and oxygen atoms in total. The van der Waals surface area contributed by atoms with E-state index in [2.05, 4.69) is 210 Å². The molecule has 9 aromatic carbocycles. The van der Waals surface area contributed by atoms with Crippen LogP contribution in [0.15, 0.2) is 211 Å². The van der Waals surface area contributed by atoms with E-state index in [-0.39, 0.29) is 0 Å². The van der Waals surface area contributed by atoms with E-state index in [9.17, 15) is 0 Å². The minimum absolute atomic E-state index is 0.859. The van der Waals surface area contributed by atoms with Crippen molar-refractivity contribution in [2.75, 3.05) is 4.90 Å². The van der Waals surface area contributed by atoms with Gasteiger partial charge in [-0.25, -0.2) is 0 Å². The highest BCUT2D eigenvalue weighted by atomic mass is 32.1. The van der Waals surface area contributed by atoms with E-state index in [1.165, 1.54) is 58.7 Å². The van der Waals surface area contributed by atoms with Gasteiger partial charge in [0.25, 0.3) is 0 Å². The first-order chi connectivity index (χ1) is 28.8. The zero-order valence-corrected chi connectivity index (χ0v) is 32.2. The molecule has 272 valence electrons. The van der Waals surface area contributed by atoms with Crippen molar-refractivity contribution < 1.29 is 4.42 Å². The minimum Gasteiger partial charge on any atom is -0.454 e. The molecular formula is C54H34N2OS. The maximum absolute atomic E-state index is 6.70. The third kappa shape index (κ3) is 5.05. The van der Waals surface area contributed by atoms with Crippen LogP contribution < -0.4 is 4.90 Å². The Morgan fingerprint density at radius 2 is 1.05 bits per heavy atom. The Hall–Kier alpha value is -7.40. The Kier molecular flexibility index (Phi) is 7.40. The van der Waals surface area contributed by atoms with Crippen molar-refractivity contribution in [2.45, 2.75) is 0 Å². The molecule has 12 aromatic rings. The van der Waals surface area contributed by atoms with Gasteiger partial charge >= 0.3 is 0 Å².